The first-order valence-corrected chi connectivity index (χ1v) is 4.52. The van der Waals surface area contributed by atoms with Crippen LogP contribution in [0.2, 0.25) is 0 Å². The third-order valence-corrected chi connectivity index (χ3v) is 2.42. The van der Waals surface area contributed by atoms with Crippen LogP contribution >= 0.6 is 0 Å². The van der Waals surface area contributed by atoms with E-state index in [2.05, 4.69) is 0 Å². The summed E-state index contributed by atoms with van der Waals surface area (Å²) in [7, 11) is 3.51. The normalized spacial score (nSPS) is 17.5. The molecule has 2 atom stereocenters. The molecule has 0 spiro atoms. The Morgan fingerprint density at radius 3 is 2.36 bits per heavy atom. The first-order chi connectivity index (χ1) is 6.40. The van der Waals surface area contributed by atoms with Crippen molar-refractivity contribution in [2.45, 2.75) is 31.3 Å². The summed E-state index contributed by atoms with van der Waals surface area (Å²) < 4.78 is 0. The highest BCUT2D eigenvalue weighted by Crippen LogP contribution is 2.18. The highest BCUT2D eigenvalue weighted by Gasteiger charge is 2.42. The Morgan fingerprint density at radius 2 is 2.14 bits per heavy atom. The van der Waals surface area contributed by atoms with E-state index < -0.39 is 11.5 Å². The van der Waals surface area contributed by atoms with Gasteiger partial charge in [-0.1, -0.05) is 6.92 Å². The zero-order chi connectivity index (χ0) is 11.4. The van der Waals surface area contributed by atoms with Gasteiger partial charge in [-0.05, 0) is 20.5 Å². The van der Waals surface area contributed by atoms with Crippen LogP contribution in [-0.4, -0.2) is 47.9 Å². The first-order valence-electron chi connectivity index (χ1n) is 4.52. The first kappa shape index (κ1) is 13.1. The smallest absolute Gasteiger partial charge is 0.325 e. The van der Waals surface area contributed by atoms with E-state index in [-0.39, 0.29) is 12.5 Å². The molecule has 0 aliphatic heterocycles. The Balaban J connectivity index is 4.94. The monoisotopic (exact) mass is 202 g/mol. The number of hydrogen-bond acceptors (Lipinski definition) is 4. The molecule has 0 aromatic heterocycles. The highest BCUT2D eigenvalue weighted by atomic mass is 16.4. The molecule has 0 aliphatic rings. The summed E-state index contributed by atoms with van der Waals surface area (Å²) in [4.78, 5) is 23.1. The number of likely N-dealkylation sites (N-methyl/N-ethyl adjacent to an activating group) is 1. The molecule has 0 saturated heterocycles. The number of carboxylic acids is 1. The summed E-state index contributed by atoms with van der Waals surface area (Å²) in [6, 6.07) is -0.342. The summed E-state index contributed by atoms with van der Waals surface area (Å²) in [6.45, 7) is 1.85. The molecule has 0 radical (unpaired) electrons. The molecule has 5 nitrogen and oxygen atoms in total. The molecule has 0 aromatic rings. The Bertz CT molecular complexity index is 218. The van der Waals surface area contributed by atoms with Crippen molar-refractivity contribution >= 4 is 12.3 Å². The topological polar surface area (TPSA) is 83.6 Å². The lowest BCUT2D eigenvalue weighted by molar-refractivity contribution is -0.147. The van der Waals surface area contributed by atoms with E-state index in [1.807, 2.05) is 6.92 Å². The van der Waals surface area contributed by atoms with Gasteiger partial charge in [-0.15, -0.1) is 0 Å². The number of carbonyl (C=O) groups excluding carboxylic acids is 1. The van der Waals surface area contributed by atoms with E-state index in [0.29, 0.717) is 12.7 Å². The van der Waals surface area contributed by atoms with Crippen LogP contribution in [-0.2, 0) is 9.59 Å². The number of rotatable bonds is 6. The second-order valence-corrected chi connectivity index (χ2v) is 3.60. The fraction of sp³-hybridized carbons (Fsp3) is 0.778. The van der Waals surface area contributed by atoms with Crippen molar-refractivity contribution in [2.24, 2.45) is 5.73 Å². The molecule has 5 heteroatoms. The largest absolute Gasteiger partial charge is 0.480 e. The van der Waals surface area contributed by atoms with Crippen molar-refractivity contribution in [3.05, 3.63) is 0 Å². The standard InChI is InChI=1S/C9H18N2O3/c1-4-7(11(2)3)9(10,5-6-12)8(13)14/h6-7H,4-5,10H2,1-3H3,(H,13,14). The van der Waals surface area contributed by atoms with Crippen LogP contribution in [0, 0.1) is 0 Å². The molecule has 0 rings (SSSR count). The molecule has 82 valence electrons. The SMILES string of the molecule is CCC(N(C)C)C(N)(CC=O)C(=O)O. The number of aliphatic carboxylic acids is 1. The van der Waals surface area contributed by atoms with Crippen LogP contribution < -0.4 is 5.73 Å². The lowest BCUT2D eigenvalue weighted by Crippen LogP contribution is -2.61. The predicted molar refractivity (Wildman–Crippen MR) is 53.0 cm³/mol. The van der Waals surface area contributed by atoms with Crippen LogP contribution in [0.15, 0.2) is 0 Å². The summed E-state index contributed by atoms with van der Waals surface area (Å²) >= 11 is 0. The third kappa shape index (κ3) is 2.52. The van der Waals surface area contributed by atoms with Crippen LogP contribution in [0.5, 0.6) is 0 Å². The van der Waals surface area contributed by atoms with Crippen molar-refractivity contribution in [3.8, 4) is 0 Å². The molecule has 0 fully saturated rings. The summed E-state index contributed by atoms with van der Waals surface area (Å²) in [6.07, 6.45) is 0.975. The van der Waals surface area contributed by atoms with Gasteiger partial charge in [-0.3, -0.25) is 4.79 Å². The van der Waals surface area contributed by atoms with Crippen LogP contribution in [0.3, 0.4) is 0 Å². The van der Waals surface area contributed by atoms with Crippen molar-refractivity contribution in [3.63, 3.8) is 0 Å². The van der Waals surface area contributed by atoms with Gasteiger partial charge in [-0.2, -0.15) is 0 Å². The zero-order valence-corrected chi connectivity index (χ0v) is 8.86. The van der Waals surface area contributed by atoms with E-state index in [0.717, 1.165) is 0 Å². The lowest BCUT2D eigenvalue weighted by atomic mass is 9.86. The molecule has 14 heavy (non-hydrogen) atoms. The van der Waals surface area contributed by atoms with E-state index in [4.69, 9.17) is 10.8 Å². The second-order valence-electron chi connectivity index (χ2n) is 3.60. The van der Waals surface area contributed by atoms with Gasteiger partial charge >= 0.3 is 5.97 Å². The lowest BCUT2D eigenvalue weighted by Gasteiger charge is -2.36. The van der Waals surface area contributed by atoms with Gasteiger partial charge in [0.15, 0.2) is 0 Å². The van der Waals surface area contributed by atoms with Gasteiger partial charge < -0.3 is 20.5 Å². The van der Waals surface area contributed by atoms with Gasteiger partial charge in [0.1, 0.15) is 11.8 Å². The quantitative estimate of drug-likeness (QED) is 0.578. The molecule has 0 heterocycles. The zero-order valence-electron chi connectivity index (χ0n) is 8.86. The number of nitrogens with two attached hydrogens (primary N) is 1. The van der Waals surface area contributed by atoms with Crippen LogP contribution in [0.4, 0.5) is 0 Å². The average molecular weight is 202 g/mol. The molecule has 0 amide bonds. The van der Waals surface area contributed by atoms with Gasteiger partial charge in [0.2, 0.25) is 0 Å². The number of hydrogen-bond donors (Lipinski definition) is 2. The molecule has 0 saturated carbocycles. The Kier molecular flexibility index (Phi) is 4.73. The van der Waals surface area contributed by atoms with Crippen molar-refractivity contribution in [1.82, 2.24) is 4.90 Å². The van der Waals surface area contributed by atoms with Crippen molar-refractivity contribution in [1.29, 1.82) is 0 Å². The number of aldehydes is 1. The number of nitrogens with zero attached hydrogens (tertiary/aromatic N) is 1. The average Bonchev–Trinajstić information content (AvgIpc) is 2.04. The second kappa shape index (κ2) is 5.07. The number of carboxylic acid groups (broad SMARTS) is 1. The van der Waals surface area contributed by atoms with Crippen LogP contribution in [0.25, 0.3) is 0 Å². The minimum atomic E-state index is -1.49. The maximum Gasteiger partial charge on any atom is 0.325 e. The minimum Gasteiger partial charge on any atom is -0.480 e. The van der Waals surface area contributed by atoms with E-state index in [1.165, 1.54) is 0 Å². The fourth-order valence-corrected chi connectivity index (χ4v) is 1.69. The highest BCUT2D eigenvalue weighted by molar-refractivity contribution is 5.83. The molecular formula is C9H18N2O3. The van der Waals surface area contributed by atoms with Crippen LogP contribution in [0.1, 0.15) is 19.8 Å². The molecule has 3 N–H and O–H groups in total. The molecule has 0 aliphatic carbocycles. The van der Waals surface area contributed by atoms with E-state index >= 15 is 0 Å². The van der Waals surface area contributed by atoms with Crippen molar-refractivity contribution < 1.29 is 14.7 Å². The maximum absolute atomic E-state index is 11.0. The molecule has 2 unspecified atom stereocenters. The molecule has 0 bridgehead atoms. The predicted octanol–water partition coefficient (Wildman–Crippen LogP) is -0.302. The Morgan fingerprint density at radius 1 is 1.64 bits per heavy atom. The minimum absolute atomic E-state index is 0.168. The van der Waals surface area contributed by atoms with Gasteiger partial charge in [0.25, 0.3) is 0 Å². The summed E-state index contributed by atoms with van der Waals surface area (Å²) in [5, 5.41) is 9.00. The summed E-state index contributed by atoms with van der Waals surface area (Å²) in [5.41, 5.74) is 4.25. The Hall–Kier alpha value is -0.940. The third-order valence-electron chi connectivity index (χ3n) is 2.42. The molecular weight excluding hydrogens is 184 g/mol. The number of carbonyl (C=O) groups is 2. The molecule has 0 aromatic carbocycles. The van der Waals surface area contributed by atoms with Gasteiger partial charge in [-0.25, -0.2) is 0 Å². The summed E-state index contributed by atoms with van der Waals surface area (Å²) in [5.74, 6) is -1.13. The fourth-order valence-electron chi connectivity index (χ4n) is 1.69. The van der Waals surface area contributed by atoms with E-state index in [1.54, 1.807) is 19.0 Å². The van der Waals surface area contributed by atoms with Gasteiger partial charge in [0.05, 0.1) is 0 Å². The maximum atomic E-state index is 11.0. The Labute approximate surface area is 83.9 Å². The van der Waals surface area contributed by atoms with E-state index in [9.17, 15) is 9.59 Å². The van der Waals surface area contributed by atoms with Gasteiger partial charge in [0, 0.05) is 12.5 Å². The van der Waals surface area contributed by atoms with Crippen molar-refractivity contribution in [2.75, 3.05) is 14.1 Å².